The summed E-state index contributed by atoms with van der Waals surface area (Å²) in [5.74, 6) is 0.329. The third-order valence-electron chi connectivity index (χ3n) is 5.54. The van der Waals surface area contributed by atoms with Gasteiger partial charge in [-0.15, -0.1) is 0 Å². The van der Waals surface area contributed by atoms with E-state index in [-0.39, 0.29) is 11.7 Å². The summed E-state index contributed by atoms with van der Waals surface area (Å²) in [6.45, 7) is 1.38. The van der Waals surface area contributed by atoms with E-state index in [1.807, 2.05) is 36.2 Å². The molecule has 2 aromatic carbocycles. The summed E-state index contributed by atoms with van der Waals surface area (Å²) in [4.78, 5) is 16.7. The first-order valence-corrected chi connectivity index (χ1v) is 9.20. The highest BCUT2D eigenvalue weighted by atomic mass is 19.1. The molecule has 1 unspecified atom stereocenters. The van der Waals surface area contributed by atoms with Gasteiger partial charge in [0.05, 0.1) is 17.8 Å². The van der Waals surface area contributed by atoms with Crippen LogP contribution in [0.25, 0.3) is 0 Å². The minimum Gasteiger partial charge on any atom is -0.477 e. The third-order valence-corrected chi connectivity index (χ3v) is 5.54. The highest BCUT2D eigenvalue weighted by Crippen LogP contribution is 2.35. The van der Waals surface area contributed by atoms with Gasteiger partial charge in [0.1, 0.15) is 11.6 Å². The minimum absolute atomic E-state index is 0.0579. The number of rotatable bonds is 2. The molecule has 0 aromatic heterocycles. The van der Waals surface area contributed by atoms with Crippen LogP contribution in [0.2, 0.25) is 0 Å². The smallest absolute Gasteiger partial charge is 0.265 e. The molecule has 2 heterocycles. The Bertz CT molecular complexity index is 832. The summed E-state index contributed by atoms with van der Waals surface area (Å²) < 4.78 is 19.1. The Labute approximate surface area is 158 Å². The van der Waals surface area contributed by atoms with Crippen molar-refractivity contribution >= 4 is 11.6 Å². The Kier molecular flexibility index (Phi) is 4.52. The number of carbonyl (C=O) groups excluding carboxylic acids is 1. The number of hydrogen-bond donors (Lipinski definition) is 1. The second-order valence-corrected chi connectivity index (χ2v) is 7.32. The van der Waals surface area contributed by atoms with Gasteiger partial charge in [-0.3, -0.25) is 4.79 Å². The van der Waals surface area contributed by atoms with Crippen molar-refractivity contribution in [2.75, 3.05) is 31.6 Å². The molecule has 2 aromatic rings. The number of amides is 1. The van der Waals surface area contributed by atoms with Crippen molar-refractivity contribution < 1.29 is 19.0 Å². The number of carbonyl (C=O) groups is 1. The van der Waals surface area contributed by atoms with Gasteiger partial charge in [-0.1, -0.05) is 24.3 Å². The molecule has 0 saturated carbocycles. The lowest BCUT2D eigenvalue weighted by atomic mass is 9.84. The van der Waals surface area contributed by atoms with Crippen molar-refractivity contribution in [3.63, 3.8) is 0 Å². The van der Waals surface area contributed by atoms with Gasteiger partial charge >= 0.3 is 0 Å². The van der Waals surface area contributed by atoms with E-state index in [2.05, 4.69) is 0 Å². The first kappa shape index (κ1) is 17.8. The third kappa shape index (κ3) is 3.37. The summed E-state index contributed by atoms with van der Waals surface area (Å²) in [6, 6.07) is 13.6. The number of halogens is 1. The molecule has 5 nitrogen and oxygen atoms in total. The Balaban J connectivity index is 1.43. The first-order chi connectivity index (χ1) is 13.0. The lowest BCUT2D eigenvalue weighted by Crippen LogP contribution is -2.53. The van der Waals surface area contributed by atoms with E-state index in [1.54, 1.807) is 17.0 Å². The molecule has 0 spiro atoms. The van der Waals surface area contributed by atoms with Crippen LogP contribution in [-0.4, -0.2) is 48.7 Å². The largest absolute Gasteiger partial charge is 0.477 e. The second-order valence-electron chi connectivity index (χ2n) is 7.32. The quantitative estimate of drug-likeness (QED) is 0.883. The van der Waals surface area contributed by atoms with E-state index in [4.69, 9.17) is 4.74 Å². The molecule has 2 aliphatic heterocycles. The number of likely N-dealkylation sites (N-methyl/N-ethyl adjacent to an activating group) is 1. The molecule has 142 valence electrons. The molecule has 1 saturated heterocycles. The van der Waals surface area contributed by atoms with Gasteiger partial charge in [0, 0.05) is 20.1 Å². The van der Waals surface area contributed by atoms with Crippen LogP contribution in [0.4, 0.5) is 10.1 Å². The molecule has 0 aliphatic carbocycles. The Hall–Kier alpha value is -2.60. The lowest BCUT2D eigenvalue weighted by molar-refractivity contribution is -0.143. The summed E-state index contributed by atoms with van der Waals surface area (Å²) in [5, 5.41) is 10.9. The van der Waals surface area contributed by atoms with Crippen molar-refractivity contribution in [1.82, 2.24) is 4.90 Å². The molecule has 6 heteroatoms. The van der Waals surface area contributed by atoms with Crippen molar-refractivity contribution in [3.8, 4) is 5.75 Å². The van der Waals surface area contributed by atoms with Crippen molar-refractivity contribution in [3.05, 3.63) is 59.9 Å². The van der Waals surface area contributed by atoms with E-state index >= 15 is 0 Å². The maximum Gasteiger partial charge on any atom is 0.265 e. The molecule has 1 atom stereocenters. The number of ether oxygens (including phenoxy) is 1. The van der Waals surface area contributed by atoms with Crippen LogP contribution in [-0.2, 0) is 10.4 Å². The molecule has 2 aliphatic rings. The van der Waals surface area contributed by atoms with Gasteiger partial charge in [-0.25, -0.2) is 4.39 Å². The molecule has 4 rings (SSSR count). The molecular weight excluding hydrogens is 347 g/mol. The van der Waals surface area contributed by atoms with Crippen LogP contribution in [0.5, 0.6) is 5.75 Å². The van der Waals surface area contributed by atoms with Crippen LogP contribution in [0, 0.1) is 5.82 Å². The van der Waals surface area contributed by atoms with Crippen LogP contribution in [0.15, 0.2) is 48.5 Å². The van der Waals surface area contributed by atoms with Crippen molar-refractivity contribution in [2.45, 2.75) is 24.5 Å². The predicted molar refractivity (Wildman–Crippen MR) is 100 cm³/mol. The fourth-order valence-corrected chi connectivity index (χ4v) is 3.89. The van der Waals surface area contributed by atoms with E-state index in [9.17, 15) is 14.3 Å². The number of anilines is 1. The van der Waals surface area contributed by atoms with Crippen LogP contribution in [0.1, 0.15) is 18.4 Å². The van der Waals surface area contributed by atoms with Gasteiger partial charge in [0.15, 0.2) is 6.10 Å². The van der Waals surface area contributed by atoms with E-state index in [1.165, 1.54) is 12.1 Å². The standard InChI is InChI=1S/C21H23FN2O3/c1-23-14-19(27-18-5-3-2-4-17(18)23)20(25)24-12-10-21(26,11-13-24)15-6-8-16(22)9-7-15/h2-9,19,26H,10-14H2,1H3. The van der Waals surface area contributed by atoms with E-state index < -0.39 is 11.7 Å². The maximum absolute atomic E-state index is 13.1. The molecule has 1 amide bonds. The number of hydrogen-bond acceptors (Lipinski definition) is 4. The van der Waals surface area contributed by atoms with Crippen molar-refractivity contribution in [1.29, 1.82) is 0 Å². The average molecular weight is 370 g/mol. The number of para-hydroxylation sites is 2. The van der Waals surface area contributed by atoms with Gasteiger partial charge in [-0.2, -0.15) is 0 Å². The monoisotopic (exact) mass is 370 g/mol. The number of benzene rings is 2. The number of fused-ring (bicyclic) bond motifs is 1. The van der Waals surface area contributed by atoms with Crippen LogP contribution in [0.3, 0.4) is 0 Å². The van der Waals surface area contributed by atoms with Gasteiger partial charge in [0.25, 0.3) is 5.91 Å². The zero-order valence-electron chi connectivity index (χ0n) is 15.3. The van der Waals surface area contributed by atoms with E-state index in [0.717, 1.165) is 5.69 Å². The van der Waals surface area contributed by atoms with Crippen molar-refractivity contribution in [2.24, 2.45) is 0 Å². The van der Waals surface area contributed by atoms with Gasteiger partial charge < -0.3 is 19.6 Å². The zero-order valence-corrected chi connectivity index (χ0v) is 15.3. The molecule has 1 N–H and O–H groups in total. The normalized spacial score (nSPS) is 21.4. The predicted octanol–water partition coefficient (Wildman–Crippen LogP) is 2.53. The molecule has 0 bridgehead atoms. The van der Waals surface area contributed by atoms with Gasteiger partial charge in [0.2, 0.25) is 0 Å². The molecular formula is C21H23FN2O3. The fourth-order valence-electron chi connectivity index (χ4n) is 3.89. The highest BCUT2D eigenvalue weighted by molar-refractivity contribution is 5.83. The SMILES string of the molecule is CN1CC(C(=O)N2CCC(O)(c3ccc(F)cc3)CC2)Oc2ccccc21. The first-order valence-electron chi connectivity index (χ1n) is 9.20. The summed E-state index contributed by atoms with van der Waals surface area (Å²) >= 11 is 0. The Morgan fingerprint density at radius 1 is 1.15 bits per heavy atom. The molecule has 0 radical (unpaired) electrons. The van der Waals surface area contributed by atoms with Gasteiger partial charge in [-0.05, 0) is 42.7 Å². The number of nitrogens with zero attached hydrogens (tertiary/aromatic N) is 2. The number of likely N-dealkylation sites (tertiary alicyclic amines) is 1. The lowest BCUT2D eigenvalue weighted by Gasteiger charge is -2.41. The number of aliphatic hydroxyl groups is 1. The van der Waals surface area contributed by atoms with Crippen LogP contribution >= 0.6 is 0 Å². The topological polar surface area (TPSA) is 53.0 Å². The molecule has 1 fully saturated rings. The Morgan fingerprint density at radius 3 is 2.52 bits per heavy atom. The zero-order chi connectivity index (χ0) is 19.0. The van der Waals surface area contributed by atoms with Crippen LogP contribution < -0.4 is 9.64 Å². The maximum atomic E-state index is 13.1. The Morgan fingerprint density at radius 2 is 1.81 bits per heavy atom. The second kappa shape index (κ2) is 6.85. The van der Waals surface area contributed by atoms with E-state index in [0.29, 0.717) is 43.8 Å². The highest BCUT2D eigenvalue weighted by Gasteiger charge is 2.39. The minimum atomic E-state index is -1.03. The average Bonchev–Trinajstić information content (AvgIpc) is 2.68. The summed E-state index contributed by atoms with van der Waals surface area (Å²) in [6.07, 6.45) is 0.287. The fraction of sp³-hybridized carbons (Fsp3) is 0.381. The molecule has 27 heavy (non-hydrogen) atoms. The summed E-state index contributed by atoms with van der Waals surface area (Å²) in [5.41, 5.74) is 0.644. The number of piperidine rings is 1. The summed E-state index contributed by atoms with van der Waals surface area (Å²) in [7, 11) is 1.95.